The molecule has 0 atom stereocenters. The number of aromatic nitrogens is 1. The summed E-state index contributed by atoms with van der Waals surface area (Å²) in [6.45, 7) is 0. The van der Waals surface area contributed by atoms with E-state index in [2.05, 4.69) is 10.2 Å². The number of nitro groups is 1. The van der Waals surface area contributed by atoms with Crippen molar-refractivity contribution in [3.8, 4) is 11.8 Å². The quantitative estimate of drug-likeness (QED) is 0.411. The summed E-state index contributed by atoms with van der Waals surface area (Å²) in [5.41, 5.74) is 0.526. The highest BCUT2D eigenvalue weighted by molar-refractivity contribution is 6.07. The number of anilines is 1. The number of carbonyl (C=O) groups excluding carboxylic acids is 1. The number of nitro benzene ring substituents is 1. The number of urea groups is 1. The van der Waals surface area contributed by atoms with E-state index in [0.29, 0.717) is 16.5 Å². The second-order valence-electron chi connectivity index (χ2n) is 5.72. The number of benzene rings is 2. The first-order chi connectivity index (χ1) is 12.8. The van der Waals surface area contributed by atoms with Gasteiger partial charge in [0, 0.05) is 31.6 Å². The zero-order chi connectivity index (χ0) is 19.7. The van der Waals surface area contributed by atoms with E-state index in [9.17, 15) is 25.1 Å². The smallest absolute Gasteiger partial charge is 0.366 e. The number of fused-ring (bicyclic) bond motifs is 1. The van der Waals surface area contributed by atoms with Crippen molar-refractivity contribution in [3.63, 3.8) is 0 Å². The summed E-state index contributed by atoms with van der Waals surface area (Å²) in [7, 11) is 2.94. The van der Waals surface area contributed by atoms with Crippen LogP contribution in [0, 0.1) is 10.1 Å². The van der Waals surface area contributed by atoms with Crippen LogP contribution in [0.1, 0.15) is 0 Å². The molecule has 0 saturated carbocycles. The van der Waals surface area contributed by atoms with E-state index >= 15 is 0 Å². The Labute approximate surface area is 152 Å². The number of aromatic hydroxyl groups is 2. The van der Waals surface area contributed by atoms with E-state index in [4.69, 9.17) is 0 Å². The lowest BCUT2D eigenvalue weighted by Gasteiger charge is -2.15. The number of hydrogen-bond donors (Lipinski definition) is 2. The lowest BCUT2D eigenvalue weighted by Crippen LogP contribution is -2.22. The van der Waals surface area contributed by atoms with Crippen LogP contribution in [-0.2, 0) is 7.05 Å². The van der Waals surface area contributed by atoms with Gasteiger partial charge in [-0.1, -0.05) is 11.2 Å². The van der Waals surface area contributed by atoms with Crippen LogP contribution in [0.5, 0.6) is 11.8 Å². The maximum absolute atomic E-state index is 12.3. The standard InChI is InChI=1S/C17H15N5O5/c1-20(13-5-3-4-12-14(13)16(24)21(2)15(12)23)17(25)19-18-10-6-8-11(9-7-10)22(26)27/h3-9,23-24H,1-2H3. The number of carbonyl (C=O) groups is 1. The molecule has 1 heterocycles. The molecule has 27 heavy (non-hydrogen) atoms. The minimum absolute atomic E-state index is 0.0940. The normalized spacial score (nSPS) is 11.2. The Morgan fingerprint density at radius 1 is 1.15 bits per heavy atom. The average Bonchev–Trinajstić information content (AvgIpc) is 2.90. The predicted molar refractivity (Wildman–Crippen MR) is 97.7 cm³/mol. The van der Waals surface area contributed by atoms with Gasteiger partial charge in [-0.15, -0.1) is 5.11 Å². The highest BCUT2D eigenvalue weighted by Gasteiger charge is 2.21. The molecule has 10 heteroatoms. The first-order valence-electron chi connectivity index (χ1n) is 7.74. The third-order valence-electron chi connectivity index (χ3n) is 4.10. The molecule has 0 spiro atoms. The molecule has 138 valence electrons. The van der Waals surface area contributed by atoms with E-state index in [1.54, 1.807) is 18.2 Å². The summed E-state index contributed by atoms with van der Waals surface area (Å²) in [6.07, 6.45) is 0. The molecule has 0 aliphatic rings. The fourth-order valence-electron chi connectivity index (χ4n) is 2.60. The summed E-state index contributed by atoms with van der Waals surface area (Å²) in [6, 6.07) is 9.39. The first kappa shape index (κ1) is 17.9. The molecule has 1 aromatic heterocycles. The summed E-state index contributed by atoms with van der Waals surface area (Å²) in [4.78, 5) is 23.6. The molecular formula is C17H15N5O5. The van der Waals surface area contributed by atoms with E-state index < -0.39 is 11.0 Å². The molecule has 3 aromatic rings. The van der Waals surface area contributed by atoms with Gasteiger partial charge in [0.2, 0.25) is 11.8 Å². The van der Waals surface area contributed by atoms with Crippen molar-refractivity contribution in [2.75, 3.05) is 11.9 Å². The van der Waals surface area contributed by atoms with Crippen LogP contribution in [0.25, 0.3) is 10.8 Å². The van der Waals surface area contributed by atoms with Gasteiger partial charge in [0.1, 0.15) is 0 Å². The molecular weight excluding hydrogens is 354 g/mol. The van der Waals surface area contributed by atoms with Crippen LogP contribution in [0.15, 0.2) is 52.7 Å². The Hall–Kier alpha value is -3.95. The lowest BCUT2D eigenvalue weighted by molar-refractivity contribution is -0.384. The second-order valence-corrected chi connectivity index (χ2v) is 5.72. The van der Waals surface area contributed by atoms with Crippen LogP contribution in [0.2, 0.25) is 0 Å². The molecule has 0 radical (unpaired) electrons. The SMILES string of the molecule is CN(C(=O)N=Nc1ccc([N+](=O)[O-])cc1)c1cccc2c(O)n(C)c(O)c12. The largest absolute Gasteiger partial charge is 0.494 e. The van der Waals surface area contributed by atoms with Crippen molar-refractivity contribution in [2.45, 2.75) is 0 Å². The fraction of sp³-hybridized carbons (Fsp3) is 0.118. The highest BCUT2D eigenvalue weighted by Crippen LogP contribution is 2.40. The lowest BCUT2D eigenvalue weighted by atomic mass is 10.1. The fourth-order valence-corrected chi connectivity index (χ4v) is 2.60. The molecule has 2 aromatic carbocycles. The van der Waals surface area contributed by atoms with Gasteiger partial charge in [0.05, 0.1) is 21.7 Å². The molecule has 0 saturated heterocycles. The molecule has 0 unspecified atom stereocenters. The van der Waals surface area contributed by atoms with Gasteiger partial charge in [-0.25, -0.2) is 4.79 Å². The number of azo groups is 1. The summed E-state index contributed by atoms with van der Waals surface area (Å²) < 4.78 is 1.20. The maximum Gasteiger partial charge on any atom is 0.366 e. The number of rotatable bonds is 3. The van der Waals surface area contributed by atoms with Crippen LogP contribution < -0.4 is 4.90 Å². The Balaban J connectivity index is 1.89. The van der Waals surface area contributed by atoms with Gasteiger partial charge in [-0.3, -0.25) is 19.6 Å². The third-order valence-corrected chi connectivity index (χ3v) is 4.10. The van der Waals surface area contributed by atoms with Crippen LogP contribution in [0.3, 0.4) is 0 Å². The molecule has 0 aliphatic heterocycles. The van der Waals surface area contributed by atoms with Crippen molar-refractivity contribution in [3.05, 3.63) is 52.6 Å². The van der Waals surface area contributed by atoms with Crippen molar-refractivity contribution >= 4 is 33.9 Å². The summed E-state index contributed by atoms with van der Waals surface area (Å²) in [5.74, 6) is -0.317. The number of non-ortho nitro benzene ring substituents is 1. The number of hydrogen-bond acceptors (Lipinski definition) is 6. The average molecular weight is 369 g/mol. The second kappa shape index (κ2) is 6.75. The molecule has 10 nitrogen and oxygen atoms in total. The Morgan fingerprint density at radius 3 is 2.44 bits per heavy atom. The molecule has 2 amide bonds. The monoisotopic (exact) mass is 369 g/mol. The molecule has 0 bridgehead atoms. The molecule has 0 aliphatic carbocycles. The Bertz CT molecular complexity index is 1070. The van der Waals surface area contributed by atoms with E-state index in [1.165, 1.54) is 47.8 Å². The van der Waals surface area contributed by atoms with Crippen molar-refractivity contribution in [1.29, 1.82) is 0 Å². The van der Waals surface area contributed by atoms with Gasteiger partial charge in [0.15, 0.2) is 0 Å². The van der Waals surface area contributed by atoms with Gasteiger partial charge >= 0.3 is 6.03 Å². The van der Waals surface area contributed by atoms with Crippen LogP contribution in [-0.4, -0.2) is 32.8 Å². The van der Waals surface area contributed by atoms with Gasteiger partial charge in [-0.05, 0) is 24.3 Å². The van der Waals surface area contributed by atoms with Gasteiger partial charge in [-0.2, -0.15) is 0 Å². The van der Waals surface area contributed by atoms with Crippen molar-refractivity contribution in [1.82, 2.24) is 4.57 Å². The van der Waals surface area contributed by atoms with Crippen molar-refractivity contribution in [2.24, 2.45) is 17.3 Å². The van der Waals surface area contributed by atoms with E-state index in [1.807, 2.05) is 0 Å². The molecule has 0 fully saturated rings. The van der Waals surface area contributed by atoms with E-state index in [-0.39, 0.29) is 23.1 Å². The number of nitrogens with zero attached hydrogens (tertiary/aromatic N) is 5. The maximum atomic E-state index is 12.3. The first-order valence-corrected chi connectivity index (χ1v) is 7.74. The third kappa shape index (κ3) is 3.15. The topological polar surface area (TPSA) is 134 Å². The van der Waals surface area contributed by atoms with Crippen molar-refractivity contribution < 1.29 is 19.9 Å². The van der Waals surface area contributed by atoms with E-state index in [0.717, 1.165) is 0 Å². The molecule has 3 rings (SSSR count). The zero-order valence-electron chi connectivity index (χ0n) is 14.4. The minimum Gasteiger partial charge on any atom is -0.494 e. The Morgan fingerprint density at radius 2 is 1.81 bits per heavy atom. The summed E-state index contributed by atoms with van der Waals surface area (Å²) in [5, 5.41) is 39.0. The molecule has 2 N–H and O–H groups in total. The van der Waals surface area contributed by atoms with Crippen LogP contribution in [0.4, 0.5) is 21.9 Å². The summed E-state index contributed by atoms with van der Waals surface area (Å²) >= 11 is 0. The zero-order valence-corrected chi connectivity index (χ0v) is 14.4. The predicted octanol–water partition coefficient (Wildman–Crippen LogP) is 3.84. The van der Waals surface area contributed by atoms with Crippen LogP contribution >= 0.6 is 0 Å². The number of amides is 2. The Kier molecular flexibility index (Phi) is 4.46. The van der Waals surface area contributed by atoms with Gasteiger partial charge in [0.25, 0.3) is 5.69 Å². The highest BCUT2D eigenvalue weighted by atomic mass is 16.6. The van der Waals surface area contributed by atoms with Gasteiger partial charge < -0.3 is 10.2 Å². The minimum atomic E-state index is -0.719.